The second-order valence-corrected chi connectivity index (χ2v) is 4.91. The lowest BCUT2D eigenvalue weighted by Crippen LogP contribution is -1.96. The van der Waals surface area contributed by atoms with Gasteiger partial charge in [0, 0.05) is 11.9 Å². The van der Waals surface area contributed by atoms with Crippen molar-refractivity contribution >= 4 is 11.8 Å². The molecule has 0 aliphatic rings. The van der Waals surface area contributed by atoms with E-state index in [1.165, 1.54) is 11.8 Å². The molecule has 5 heteroatoms. The molecule has 0 saturated carbocycles. The summed E-state index contributed by atoms with van der Waals surface area (Å²) in [5.41, 5.74) is 0.915. The summed E-state index contributed by atoms with van der Waals surface area (Å²) < 4.78 is 1.93. The molecule has 1 heterocycles. The van der Waals surface area contributed by atoms with Crippen molar-refractivity contribution in [2.45, 2.75) is 30.0 Å². The fourth-order valence-electron chi connectivity index (χ4n) is 1.49. The number of nitrogens with zero attached hydrogens (tertiary/aromatic N) is 3. The zero-order chi connectivity index (χ0) is 12.4. The first-order chi connectivity index (χ1) is 8.09. The van der Waals surface area contributed by atoms with E-state index in [1.54, 1.807) is 6.92 Å². The molecule has 17 heavy (non-hydrogen) atoms. The van der Waals surface area contributed by atoms with E-state index >= 15 is 0 Å². The first kappa shape index (κ1) is 12.1. The first-order valence-corrected chi connectivity index (χ1v) is 6.22. The van der Waals surface area contributed by atoms with Crippen LogP contribution < -0.4 is 0 Å². The highest BCUT2D eigenvalue weighted by molar-refractivity contribution is 7.99. The van der Waals surface area contributed by atoms with Gasteiger partial charge in [-0.3, -0.25) is 0 Å². The van der Waals surface area contributed by atoms with Crippen molar-refractivity contribution in [2.24, 2.45) is 7.05 Å². The Labute approximate surface area is 105 Å². The highest BCUT2D eigenvalue weighted by Crippen LogP contribution is 2.31. The van der Waals surface area contributed by atoms with Crippen LogP contribution >= 0.6 is 11.8 Å². The molecule has 0 aliphatic heterocycles. The van der Waals surface area contributed by atoms with E-state index in [1.807, 2.05) is 42.8 Å². The molecule has 2 aromatic rings. The maximum Gasteiger partial charge on any atom is 0.195 e. The van der Waals surface area contributed by atoms with Gasteiger partial charge in [-0.2, -0.15) is 0 Å². The van der Waals surface area contributed by atoms with Crippen LogP contribution in [0.15, 0.2) is 34.3 Å². The quantitative estimate of drug-likeness (QED) is 0.907. The van der Waals surface area contributed by atoms with E-state index in [0.717, 1.165) is 21.4 Å². The average molecular weight is 249 g/mol. The molecule has 0 radical (unpaired) electrons. The van der Waals surface area contributed by atoms with Gasteiger partial charge in [0.15, 0.2) is 5.16 Å². The number of benzene rings is 1. The Morgan fingerprint density at radius 2 is 2.00 bits per heavy atom. The van der Waals surface area contributed by atoms with Crippen LogP contribution in [-0.4, -0.2) is 19.9 Å². The second kappa shape index (κ2) is 4.89. The minimum absolute atomic E-state index is 0.479. The van der Waals surface area contributed by atoms with Gasteiger partial charge < -0.3 is 9.67 Å². The summed E-state index contributed by atoms with van der Waals surface area (Å²) in [5.74, 6) is 0.877. The smallest absolute Gasteiger partial charge is 0.195 e. The van der Waals surface area contributed by atoms with Gasteiger partial charge >= 0.3 is 0 Å². The van der Waals surface area contributed by atoms with Crippen molar-refractivity contribution in [1.29, 1.82) is 0 Å². The molecule has 4 nitrogen and oxygen atoms in total. The van der Waals surface area contributed by atoms with E-state index in [2.05, 4.69) is 10.2 Å². The summed E-state index contributed by atoms with van der Waals surface area (Å²) in [6, 6.07) is 7.79. The van der Waals surface area contributed by atoms with Gasteiger partial charge in [-0.15, -0.1) is 10.2 Å². The Balaban J connectivity index is 2.33. The van der Waals surface area contributed by atoms with Gasteiger partial charge in [-0.05, 0) is 37.2 Å². The van der Waals surface area contributed by atoms with E-state index in [0.29, 0.717) is 0 Å². The van der Waals surface area contributed by atoms with Crippen LogP contribution in [0, 0.1) is 6.92 Å². The first-order valence-electron chi connectivity index (χ1n) is 5.40. The number of rotatable bonds is 3. The zero-order valence-electron chi connectivity index (χ0n) is 10.1. The van der Waals surface area contributed by atoms with Crippen LogP contribution in [0.3, 0.4) is 0 Å². The predicted molar refractivity (Wildman–Crippen MR) is 66.9 cm³/mol. The summed E-state index contributed by atoms with van der Waals surface area (Å²) in [5, 5.41) is 18.7. The Bertz CT molecular complexity index is 522. The lowest BCUT2D eigenvalue weighted by Gasteiger charge is -2.10. The SMILES string of the molecule is Cc1nnc(Sc2ccccc2[C@@H](C)O)n1C. The van der Waals surface area contributed by atoms with E-state index < -0.39 is 6.10 Å². The van der Waals surface area contributed by atoms with E-state index in [9.17, 15) is 5.11 Å². The molecule has 0 aliphatic carbocycles. The fraction of sp³-hybridized carbons (Fsp3) is 0.333. The fourth-order valence-corrected chi connectivity index (χ4v) is 2.54. The van der Waals surface area contributed by atoms with Crippen molar-refractivity contribution in [2.75, 3.05) is 0 Å². The van der Waals surface area contributed by atoms with Crippen LogP contribution in [0.5, 0.6) is 0 Å². The minimum Gasteiger partial charge on any atom is -0.389 e. The number of aliphatic hydroxyl groups excluding tert-OH is 1. The van der Waals surface area contributed by atoms with Gasteiger partial charge in [0.05, 0.1) is 6.10 Å². The van der Waals surface area contributed by atoms with E-state index in [4.69, 9.17) is 0 Å². The number of hydrogen-bond donors (Lipinski definition) is 1. The lowest BCUT2D eigenvalue weighted by molar-refractivity contribution is 0.196. The summed E-state index contributed by atoms with van der Waals surface area (Å²) in [7, 11) is 1.93. The summed E-state index contributed by atoms with van der Waals surface area (Å²) in [4.78, 5) is 1.01. The van der Waals surface area contributed by atoms with Crippen molar-refractivity contribution in [3.63, 3.8) is 0 Å². The second-order valence-electron chi connectivity index (χ2n) is 3.90. The third kappa shape index (κ3) is 2.50. The van der Waals surface area contributed by atoms with Crippen molar-refractivity contribution < 1.29 is 5.11 Å². The molecule has 1 atom stereocenters. The van der Waals surface area contributed by atoms with Crippen LogP contribution in [0.2, 0.25) is 0 Å². The largest absolute Gasteiger partial charge is 0.389 e. The Kier molecular flexibility index (Phi) is 3.49. The number of aromatic nitrogens is 3. The van der Waals surface area contributed by atoms with E-state index in [-0.39, 0.29) is 0 Å². The van der Waals surface area contributed by atoms with Crippen molar-refractivity contribution in [1.82, 2.24) is 14.8 Å². The van der Waals surface area contributed by atoms with Crippen LogP contribution in [0.1, 0.15) is 24.4 Å². The molecule has 2 rings (SSSR count). The molecule has 1 aromatic heterocycles. The molecule has 0 bridgehead atoms. The lowest BCUT2D eigenvalue weighted by atomic mass is 10.1. The third-order valence-electron chi connectivity index (χ3n) is 2.62. The monoisotopic (exact) mass is 249 g/mol. The minimum atomic E-state index is -0.479. The summed E-state index contributed by atoms with van der Waals surface area (Å²) in [6.07, 6.45) is -0.479. The summed E-state index contributed by atoms with van der Waals surface area (Å²) in [6.45, 7) is 3.68. The molecular weight excluding hydrogens is 234 g/mol. The Morgan fingerprint density at radius 3 is 2.59 bits per heavy atom. The van der Waals surface area contributed by atoms with Crippen molar-refractivity contribution in [3.05, 3.63) is 35.7 Å². The van der Waals surface area contributed by atoms with Gasteiger partial charge in [0.1, 0.15) is 5.82 Å². The van der Waals surface area contributed by atoms with Gasteiger partial charge in [0.25, 0.3) is 0 Å². The van der Waals surface area contributed by atoms with Gasteiger partial charge in [-0.25, -0.2) is 0 Å². The van der Waals surface area contributed by atoms with Gasteiger partial charge in [-0.1, -0.05) is 18.2 Å². The van der Waals surface area contributed by atoms with Crippen molar-refractivity contribution in [3.8, 4) is 0 Å². The third-order valence-corrected chi connectivity index (χ3v) is 3.75. The molecule has 1 N–H and O–H groups in total. The maximum atomic E-state index is 9.70. The normalized spacial score (nSPS) is 12.7. The molecule has 0 fully saturated rings. The highest BCUT2D eigenvalue weighted by atomic mass is 32.2. The molecule has 0 amide bonds. The molecule has 0 saturated heterocycles. The number of hydrogen-bond acceptors (Lipinski definition) is 4. The molecule has 1 aromatic carbocycles. The number of aliphatic hydroxyl groups is 1. The van der Waals surface area contributed by atoms with Crippen LogP contribution in [0.25, 0.3) is 0 Å². The van der Waals surface area contributed by atoms with Crippen LogP contribution in [-0.2, 0) is 7.05 Å². The topological polar surface area (TPSA) is 50.9 Å². The maximum absolute atomic E-state index is 9.70. The molecule has 0 spiro atoms. The average Bonchev–Trinajstić information content (AvgIpc) is 2.61. The molecule has 90 valence electrons. The molecule has 0 unspecified atom stereocenters. The summed E-state index contributed by atoms with van der Waals surface area (Å²) >= 11 is 1.52. The zero-order valence-corrected chi connectivity index (χ0v) is 10.9. The Hall–Kier alpha value is -1.33. The highest BCUT2D eigenvalue weighted by Gasteiger charge is 2.12. The predicted octanol–water partition coefficient (Wildman–Crippen LogP) is 2.33. The van der Waals surface area contributed by atoms with Crippen LogP contribution in [0.4, 0.5) is 0 Å². The number of aryl methyl sites for hydroxylation is 1. The standard InChI is InChI=1S/C12H15N3OS/c1-8(16)10-6-4-5-7-11(10)17-12-14-13-9(2)15(12)3/h4-8,16H,1-3H3/t8-/m1/s1. The Morgan fingerprint density at radius 1 is 1.29 bits per heavy atom. The van der Waals surface area contributed by atoms with Gasteiger partial charge in [0.2, 0.25) is 0 Å². The molecular formula is C12H15N3OS.